The lowest BCUT2D eigenvalue weighted by atomic mass is 10.1. The molecule has 1 amide bonds. The fourth-order valence-corrected chi connectivity index (χ4v) is 1.16. The van der Waals surface area contributed by atoms with Crippen molar-refractivity contribution in [2.24, 2.45) is 5.73 Å². The van der Waals surface area contributed by atoms with Gasteiger partial charge in [0.2, 0.25) is 5.91 Å². The predicted molar refractivity (Wildman–Crippen MR) is 59.1 cm³/mol. The quantitative estimate of drug-likeness (QED) is 0.508. The molecule has 0 rings (SSSR count). The second-order valence-electron chi connectivity index (χ2n) is 3.53. The maximum atomic E-state index is 11.5. The molecule has 0 aliphatic carbocycles. The summed E-state index contributed by atoms with van der Waals surface area (Å²) >= 11 is 0. The molecule has 0 fully saturated rings. The molecule has 7 heteroatoms. The highest BCUT2D eigenvalue weighted by molar-refractivity contribution is 5.87. The second kappa shape index (κ2) is 7.61. The molecule has 2 unspecified atom stereocenters. The van der Waals surface area contributed by atoms with E-state index in [1.807, 2.05) is 0 Å². The van der Waals surface area contributed by atoms with Crippen LogP contribution < -0.4 is 11.1 Å². The smallest absolute Gasteiger partial charge is 0.328 e. The lowest BCUT2D eigenvalue weighted by Crippen LogP contribution is -2.48. The van der Waals surface area contributed by atoms with Gasteiger partial charge in [0.05, 0.1) is 13.2 Å². The Morgan fingerprint density at radius 3 is 2.41 bits per heavy atom. The van der Waals surface area contributed by atoms with Crippen LogP contribution in [-0.2, 0) is 19.1 Å². The van der Waals surface area contributed by atoms with Gasteiger partial charge in [0.25, 0.3) is 0 Å². The summed E-state index contributed by atoms with van der Waals surface area (Å²) in [7, 11) is 1.22. The molecule has 0 aliphatic rings. The summed E-state index contributed by atoms with van der Waals surface area (Å²) in [5.74, 6) is -2.12. The van der Waals surface area contributed by atoms with Crippen molar-refractivity contribution in [1.82, 2.24) is 5.32 Å². The van der Waals surface area contributed by atoms with E-state index in [4.69, 9.17) is 10.8 Å². The number of hydrogen-bond donors (Lipinski definition) is 3. The van der Waals surface area contributed by atoms with Crippen LogP contribution in [0.25, 0.3) is 0 Å². The molecule has 98 valence electrons. The average molecular weight is 246 g/mol. The van der Waals surface area contributed by atoms with Crippen LogP contribution in [0.15, 0.2) is 0 Å². The van der Waals surface area contributed by atoms with Gasteiger partial charge in [-0.1, -0.05) is 6.92 Å². The molecule has 0 aromatic carbocycles. The minimum absolute atomic E-state index is 0.0266. The van der Waals surface area contributed by atoms with E-state index in [1.54, 1.807) is 6.92 Å². The molecule has 0 radical (unpaired) electrons. The van der Waals surface area contributed by atoms with Crippen molar-refractivity contribution >= 4 is 17.8 Å². The molecule has 0 spiro atoms. The van der Waals surface area contributed by atoms with Crippen molar-refractivity contribution in [1.29, 1.82) is 0 Å². The van der Waals surface area contributed by atoms with Crippen molar-refractivity contribution < 1.29 is 24.2 Å². The van der Waals surface area contributed by atoms with E-state index in [-0.39, 0.29) is 12.8 Å². The largest absolute Gasteiger partial charge is 0.481 e. The van der Waals surface area contributed by atoms with Crippen LogP contribution in [0.4, 0.5) is 0 Å². The van der Waals surface area contributed by atoms with Gasteiger partial charge >= 0.3 is 11.9 Å². The fraction of sp³-hybridized carbons (Fsp3) is 0.700. The number of methoxy groups -OCH3 is 1. The molecule has 0 saturated heterocycles. The Balaban J connectivity index is 4.21. The Morgan fingerprint density at radius 1 is 1.41 bits per heavy atom. The van der Waals surface area contributed by atoms with Crippen LogP contribution in [0.5, 0.6) is 0 Å². The Labute approximate surface area is 99.3 Å². The Hall–Kier alpha value is -1.63. The summed E-state index contributed by atoms with van der Waals surface area (Å²) < 4.78 is 4.49. The van der Waals surface area contributed by atoms with Crippen molar-refractivity contribution in [3.8, 4) is 0 Å². The van der Waals surface area contributed by atoms with E-state index in [9.17, 15) is 14.4 Å². The third-order valence-electron chi connectivity index (χ3n) is 2.22. The molecular formula is C10H18N2O5. The summed E-state index contributed by atoms with van der Waals surface area (Å²) in [5.41, 5.74) is 5.48. The third-order valence-corrected chi connectivity index (χ3v) is 2.22. The standard InChI is InChI=1S/C10H18N2O5/c1-3-7(10(16)17-2)12-9(15)6(11)4-5-8(13)14/h6-7H,3-5,11H2,1-2H3,(H,12,15)(H,13,14). The van der Waals surface area contributed by atoms with Crippen molar-refractivity contribution in [2.75, 3.05) is 7.11 Å². The lowest BCUT2D eigenvalue weighted by Gasteiger charge is -2.17. The molecule has 0 saturated carbocycles. The van der Waals surface area contributed by atoms with Crippen LogP contribution >= 0.6 is 0 Å². The van der Waals surface area contributed by atoms with Gasteiger partial charge in [0.1, 0.15) is 6.04 Å². The third kappa shape index (κ3) is 5.86. The van der Waals surface area contributed by atoms with Crippen LogP contribution in [0.2, 0.25) is 0 Å². The molecule has 17 heavy (non-hydrogen) atoms. The summed E-state index contributed by atoms with van der Waals surface area (Å²) in [5, 5.41) is 10.8. The minimum Gasteiger partial charge on any atom is -0.481 e. The minimum atomic E-state index is -1.02. The van der Waals surface area contributed by atoms with E-state index in [0.717, 1.165) is 0 Å². The van der Waals surface area contributed by atoms with Gasteiger partial charge in [-0.3, -0.25) is 9.59 Å². The van der Waals surface area contributed by atoms with Gasteiger partial charge in [-0.25, -0.2) is 4.79 Å². The Kier molecular flexibility index (Phi) is 6.88. The van der Waals surface area contributed by atoms with Gasteiger partial charge in [-0.05, 0) is 12.8 Å². The summed E-state index contributed by atoms with van der Waals surface area (Å²) in [6.45, 7) is 1.71. The molecule has 2 atom stereocenters. The zero-order chi connectivity index (χ0) is 13.4. The first kappa shape index (κ1) is 15.4. The van der Waals surface area contributed by atoms with E-state index in [1.165, 1.54) is 7.11 Å². The number of ether oxygens (including phenoxy) is 1. The first-order chi connectivity index (χ1) is 7.92. The average Bonchev–Trinajstić information content (AvgIpc) is 2.31. The molecule has 0 heterocycles. The predicted octanol–water partition coefficient (Wildman–Crippen LogP) is -0.754. The molecule has 4 N–H and O–H groups in total. The highest BCUT2D eigenvalue weighted by Gasteiger charge is 2.22. The van der Waals surface area contributed by atoms with Crippen LogP contribution in [0, 0.1) is 0 Å². The topological polar surface area (TPSA) is 119 Å². The normalized spacial score (nSPS) is 13.6. The van der Waals surface area contributed by atoms with Crippen LogP contribution in [-0.4, -0.2) is 42.1 Å². The number of rotatable bonds is 7. The van der Waals surface area contributed by atoms with E-state index in [2.05, 4.69) is 10.1 Å². The SMILES string of the molecule is CCC(NC(=O)C(N)CCC(=O)O)C(=O)OC. The summed E-state index contributed by atoms with van der Waals surface area (Å²) in [6, 6.07) is -1.69. The molecule has 0 aromatic rings. The number of aliphatic carboxylic acids is 1. The monoisotopic (exact) mass is 246 g/mol. The maximum absolute atomic E-state index is 11.5. The van der Waals surface area contributed by atoms with Crippen LogP contribution in [0.1, 0.15) is 26.2 Å². The Bertz CT molecular complexity index is 292. The first-order valence-corrected chi connectivity index (χ1v) is 5.27. The van der Waals surface area contributed by atoms with E-state index >= 15 is 0 Å². The maximum Gasteiger partial charge on any atom is 0.328 e. The molecule has 0 aliphatic heterocycles. The number of esters is 1. The molecular weight excluding hydrogens is 228 g/mol. The number of nitrogens with two attached hydrogens (primary N) is 1. The van der Waals surface area contributed by atoms with E-state index in [0.29, 0.717) is 6.42 Å². The van der Waals surface area contributed by atoms with Gasteiger partial charge < -0.3 is 20.9 Å². The number of carboxylic acids is 1. The van der Waals surface area contributed by atoms with Crippen molar-refractivity contribution in [3.05, 3.63) is 0 Å². The zero-order valence-corrected chi connectivity index (χ0v) is 9.93. The second-order valence-corrected chi connectivity index (χ2v) is 3.53. The number of carbonyl (C=O) groups excluding carboxylic acids is 2. The number of amides is 1. The van der Waals surface area contributed by atoms with Crippen LogP contribution in [0.3, 0.4) is 0 Å². The highest BCUT2D eigenvalue weighted by Crippen LogP contribution is 1.98. The number of carbonyl (C=O) groups is 3. The molecule has 7 nitrogen and oxygen atoms in total. The number of carboxylic acid groups (broad SMARTS) is 1. The Morgan fingerprint density at radius 2 is 2.00 bits per heavy atom. The zero-order valence-electron chi connectivity index (χ0n) is 9.93. The molecule has 0 bridgehead atoms. The number of hydrogen-bond acceptors (Lipinski definition) is 5. The van der Waals surface area contributed by atoms with Gasteiger partial charge in [0, 0.05) is 6.42 Å². The highest BCUT2D eigenvalue weighted by atomic mass is 16.5. The van der Waals surface area contributed by atoms with Gasteiger partial charge in [-0.15, -0.1) is 0 Å². The lowest BCUT2D eigenvalue weighted by molar-refractivity contribution is -0.145. The van der Waals surface area contributed by atoms with Crippen molar-refractivity contribution in [2.45, 2.75) is 38.3 Å². The van der Waals surface area contributed by atoms with Crippen molar-refractivity contribution in [3.63, 3.8) is 0 Å². The summed E-state index contributed by atoms with van der Waals surface area (Å²) in [6.07, 6.45) is 0.215. The first-order valence-electron chi connectivity index (χ1n) is 5.27. The number of nitrogens with one attached hydrogen (secondary N) is 1. The van der Waals surface area contributed by atoms with Gasteiger partial charge in [0.15, 0.2) is 0 Å². The van der Waals surface area contributed by atoms with E-state index < -0.39 is 29.9 Å². The summed E-state index contributed by atoms with van der Waals surface area (Å²) in [4.78, 5) is 33.0. The molecule has 0 aromatic heterocycles. The fourth-order valence-electron chi connectivity index (χ4n) is 1.16. The van der Waals surface area contributed by atoms with Gasteiger partial charge in [-0.2, -0.15) is 0 Å².